The van der Waals surface area contributed by atoms with Gasteiger partial charge < -0.3 is 15.2 Å². The molecule has 0 heterocycles. The lowest BCUT2D eigenvalue weighted by atomic mass is 10.2. The number of rotatable bonds is 4. The Balaban J connectivity index is 2.10. The molecule has 0 saturated heterocycles. The molecule has 2 N–H and O–H groups in total. The maximum atomic E-state index is 13.5. The molecule has 0 aromatic heterocycles. The summed E-state index contributed by atoms with van der Waals surface area (Å²) in [5.41, 5.74) is 6.57. The van der Waals surface area contributed by atoms with Gasteiger partial charge in [0.1, 0.15) is 18.2 Å². The maximum absolute atomic E-state index is 13.5. The standard InChI is InChI=1S/C14H13F2NO2/c1-18-13-5-2-9(6-11(13)16)8-19-14-7-10(15)3-4-12(14)17/h2-7H,8,17H2,1H3. The van der Waals surface area contributed by atoms with Crippen LogP contribution in [0, 0.1) is 11.6 Å². The zero-order chi connectivity index (χ0) is 13.8. The third-order valence-corrected chi connectivity index (χ3v) is 2.59. The molecule has 3 nitrogen and oxygen atoms in total. The molecule has 0 atom stereocenters. The highest BCUT2D eigenvalue weighted by Crippen LogP contribution is 2.24. The van der Waals surface area contributed by atoms with E-state index in [-0.39, 0.29) is 18.1 Å². The van der Waals surface area contributed by atoms with Crippen molar-refractivity contribution < 1.29 is 18.3 Å². The topological polar surface area (TPSA) is 44.5 Å². The van der Waals surface area contributed by atoms with Crippen LogP contribution < -0.4 is 15.2 Å². The lowest BCUT2D eigenvalue weighted by Gasteiger charge is -2.10. The molecule has 0 unspecified atom stereocenters. The largest absolute Gasteiger partial charge is 0.494 e. The molecule has 100 valence electrons. The van der Waals surface area contributed by atoms with Gasteiger partial charge >= 0.3 is 0 Å². The van der Waals surface area contributed by atoms with Gasteiger partial charge in [-0.05, 0) is 29.8 Å². The van der Waals surface area contributed by atoms with Gasteiger partial charge in [-0.1, -0.05) is 6.07 Å². The van der Waals surface area contributed by atoms with E-state index < -0.39 is 11.6 Å². The monoisotopic (exact) mass is 265 g/mol. The summed E-state index contributed by atoms with van der Waals surface area (Å²) in [6.45, 7) is 0.0918. The maximum Gasteiger partial charge on any atom is 0.165 e. The molecule has 0 amide bonds. The summed E-state index contributed by atoms with van der Waals surface area (Å²) in [7, 11) is 1.39. The van der Waals surface area contributed by atoms with Crippen LogP contribution in [0.4, 0.5) is 14.5 Å². The lowest BCUT2D eigenvalue weighted by molar-refractivity contribution is 0.305. The van der Waals surface area contributed by atoms with Crippen LogP contribution in [0.5, 0.6) is 11.5 Å². The molecule has 0 fully saturated rings. The highest BCUT2D eigenvalue weighted by atomic mass is 19.1. The third kappa shape index (κ3) is 3.13. The first-order chi connectivity index (χ1) is 9.10. The van der Waals surface area contributed by atoms with E-state index in [1.807, 2.05) is 0 Å². The zero-order valence-electron chi connectivity index (χ0n) is 10.3. The summed E-state index contributed by atoms with van der Waals surface area (Å²) in [5, 5.41) is 0. The first kappa shape index (κ1) is 13.1. The van der Waals surface area contributed by atoms with Crippen molar-refractivity contribution >= 4 is 5.69 Å². The van der Waals surface area contributed by atoms with Crippen molar-refractivity contribution in [2.45, 2.75) is 6.61 Å². The summed E-state index contributed by atoms with van der Waals surface area (Å²) < 4.78 is 36.6. The van der Waals surface area contributed by atoms with Gasteiger partial charge in [0.2, 0.25) is 0 Å². The van der Waals surface area contributed by atoms with E-state index in [1.54, 1.807) is 6.07 Å². The molecule has 5 heteroatoms. The van der Waals surface area contributed by atoms with Crippen molar-refractivity contribution in [3.63, 3.8) is 0 Å². The van der Waals surface area contributed by atoms with Crippen LogP contribution in [0.15, 0.2) is 36.4 Å². The fourth-order valence-electron chi connectivity index (χ4n) is 1.59. The second kappa shape index (κ2) is 5.56. The Labute approximate surface area is 109 Å². The highest BCUT2D eigenvalue weighted by Gasteiger charge is 2.06. The van der Waals surface area contributed by atoms with Crippen molar-refractivity contribution in [2.75, 3.05) is 12.8 Å². The van der Waals surface area contributed by atoms with Crippen molar-refractivity contribution in [3.8, 4) is 11.5 Å². The minimum absolute atomic E-state index is 0.0918. The molecular weight excluding hydrogens is 252 g/mol. The smallest absolute Gasteiger partial charge is 0.165 e. The van der Waals surface area contributed by atoms with Crippen molar-refractivity contribution in [1.29, 1.82) is 0 Å². The molecule has 19 heavy (non-hydrogen) atoms. The van der Waals surface area contributed by atoms with E-state index in [2.05, 4.69) is 0 Å². The average molecular weight is 265 g/mol. The van der Waals surface area contributed by atoms with Gasteiger partial charge in [-0.3, -0.25) is 0 Å². The Hall–Kier alpha value is -2.30. The van der Waals surface area contributed by atoms with Crippen LogP contribution >= 0.6 is 0 Å². The van der Waals surface area contributed by atoms with Crippen LogP contribution in [0.2, 0.25) is 0 Å². The Morgan fingerprint density at radius 3 is 2.53 bits per heavy atom. The molecule has 2 aromatic rings. The van der Waals surface area contributed by atoms with Crippen LogP contribution in [-0.4, -0.2) is 7.11 Å². The zero-order valence-corrected chi connectivity index (χ0v) is 10.3. The Bertz CT molecular complexity index is 588. The first-order valence-corrected chi connectivity index (χ1v) is 5.60. The summed E-state index contributed by atoms with van der Waals surface area (Å²) in [6.07, 6.45) is 0. The summed E-state index contributed by atoms with van der Waals surface area (Å²) in [4.78, 5) is 0. The van der Waals surface area contributed by atoms with Crippen molar-refractivity contribution in [1.82, 2.24) is 0 Å². The van der Waals surface area contributed by atoms with Gasteiger partial charge in [0.05, 0.1) is 12.8 Å². The van der Waals surface area contributed by atoms with E-state index in [9.17, 15) is 8.78 Å². The molecule has 0 spiro atoms. The van der Waals surface area contributed by atoms with Crippen molar-refractivity contribution in [2.24, 2.45) is 0 Å². The van der Waals surface area contributed by atoms with Crippen LogP contribution in [0.1, 0.15) is 5.56 Å². The Morgan fingerprint density at radius 1 is 1.05 bits per heavy atom. The molecule has 0 saturated carbocycles. The minimum Gasteiger partial charge on any atom is -0.494 e. The fraction of sp³-hybridized carbons (Fsp3) is 0.143. The number of methoxy groups -OCH3 is 1. The predicted octanol–water partition coefficient (Wildman–Crippen LogP) is 3.13. The first-order valence-electron chi connectivity index (χ1n) is 5.60. The second-order valence-electron chi connectivity index (χ2n) is 3.94. The number of nitrogens with two attached hydrogens (primary N) is 1. The molecular formula is C14H13F2NO2. The highest BCUT2D eigenvalue weighted by molar-refractivity contribution is 5.52. The quantitative estimate of drug-likeness (QED) is 0.864. The average Bonchev–Trinajstić information content (AvgIpc) is 2.40. The molecule has 0 bridgehead atoms. The number of ether oxygens (including phenoxy) is 2. The summed E-state index contributed by atoms with van der Waals surface area (Å²) in [6, 6.07) is 8.32. The van der Waals surface area contributed by atoms with Gasteiger partial charge in [0.25, 0.3) is 0 Å². The number of hydrogen-bond acceptors (Lipinski definition) is 3. The third-order valence-electron chi connectivity index (χ3n) is 2.59. The molecule has 0 aliphatic rings. The fourth-order valence-corrected chi connectivity index (χ4v) is 1.59. The molecule has 2 aromatic carbocycles. The number of hydrogen-bond donors (Lipinski definition) is 1. The van der Waals surface area contributed by atoms with E-state index in [4.69, 9.17) is 15.2 Å². The molecule has 0 aliphatic carbocycles. The normalized spacial score (nSPS) is 10.3. The van der Waals surface area contributed by atoms with Gasteiger partial charge in [-0.25, -0.2) is 8.78 Å². The number of halogens is 2. The van der Waals surface area contributed by atoms with Gasteiger partial charge in [0, 0.05) is 6.07 Å². The van der Waals surface area contributed by atoms with Crippen LogP contribution in [0.25, 0.3) is 0 Å². The van der Waals surface area contributed by atoms with Crippen LogP contribution in [-0.2, 0) is 6.61 Å². The van der Waals surface area contributed by atoms with Crippen molar-refractivity contribution in [3.05, 3.63) is 53.6 Å². The van der Waals surface area contributed by atoms with Gasteiger partial charge in [0.15, 0.2) is 11.6 Å². The second-order valence-corrected chi connectivity index (χ2v) is 3.94. The number of nitrogen functional groups attached to an aromatic ring is 1. The lowest BCUT2D eigenvalue weighted by Crippen LogP contribution is -2.00. The van der Waals surface area contributed by atoms with Crippen LogP contribution in [0.3, 0.4) is 0 Å². The molecule has 0 radical (unpaired) electrons. The predicted molar refractivity (Wildman–Crippen MR) is 68.1 cm³/mol. The number of benzene rings is 2. The SMILES string of the molecule is COc1ccc(COc2cc(F)ccc2N)cc1F. The molecule has 0 aliphatic heterocycles. The van der Waals surface area contributed by atoms with E-state index in [1.165, 1.54) is 37.4 Å². The van der Waals surface area contributed by atoms with Gasteiger partial charge in [-0.2, -0.15) is 0 Å². The van der Waals surface area contributed by atoms with E-state index in [0.29, 0.717) is 11.3 Å². The Morgan fingerprint density at radius 2 is 1.84 bits per heavy atom. The number of anilines is 1. The van der Waals surface area contributed by atoms with Gasteiger partial charge in [-0.15, -0.1) is 0 Å². The van der Waals surface area contributed by atoms with E-state index >= 15 is 0 Å². The molecule has 2 rings (SSSR count). The minimum atomic E-state index is -0.476. The summed E-state index contributed by atoms with van der Waals surface area (Å²) >= 11 is 0. The Kier molecular flexibility index (Phi) is 3.85. The van der Waals surface area contributed by atoms with E-state index in [0.717, 1.165) is 0 Å². The summed E-state index contributed by atoms with van der Waals surface area (Å²) in [5.74, 6) is -0.522.